The van der Waals surface area contributed by atoms with Crippen LogP contribution in [0.1, 0.15) is 25.5 Å². The van der Waals surface area contributed by atoms with Crippen molar-refractivity contribution in [2.45, 2.75) is 19.9 Å². The lowest BCUT2D eigenvalue weighted by Crippen LogP contribution is -2.36. The molecule has 0 radical (unpaired) electrons. The molecule has 1 heterocycles. The van der Waals surface area contributed by atoms with Gasteiger partial charge in [-0.05, 0) is 31.5 Å². The zero-order valence-electron chi connectivity index (χ0n) is 11.0. The molecular formula is C14H18F2N2O. The van der Waals surface area contributed by atoms with Crippen molar-refractivity contribution >= 4 is 5.91 Å². The van der Waals surface area contributed by atoms with Crippen molar-refractivity contribution in [3.05, 3.63) is 35.4 Å². The van der Waals surface area contributed by atoms with Crippen molar-refractivity contribution in [2.75, 3.05) is 13.1 Å². The third-order valence-electron chi connectivity index (χ3n) is 3.65. The average molecular weight is 268 g/mol. The molecule has 0 aliphatic carbocycles. The second kappa shape index (κ2) is 5.65. The summed E-state index contributed by atoms with van der Waals surface area (Å²) in [7, 11) is 0. The van der Waals surface area contributed by atoms with Crippen molar-refractivity contribution in [1.82, 2.24) is 10.6 Å². The van der Waals surface area contributed by atoms with Gasteiger partial charge in [0.05, 0.1) is 12.0 Å². The lowest BCUT2D eigenvalue weighted by molar-refractivity contribution is -0.126. The maximum Gasteiger partial charge on any atom is 0.225 e. The summed E-state index contributed by atoms with van der Waals surface area (Å²) in [4.78, 5) is 12.1. The fourth-order valence-electron chi connectivity index (χ4n) is 2.48. The van der Waals surface area contributed by atoms with E-state index >= 15 is 0 Å². The highest BCUT2D eigenvalue weighted by molar-refractivity contribution is 5.80. The summed E-state index contributed by atoms with van der Waals surface area (Å²) in [5.41, 5.74) is -0.0885. The number of rotatable bonds is 3. The molecule has 0 aromatic heterocycles. The van der Waals surface area contributed by atoms with Gasteiger partial charge in [0.25, 0.3) is 0 Å². The quantitative estimate of drug-likeness (QED) is 0.880. The SMILES string of the molecule is CC(NC(=O)C1CNCC1C)c1c(F)cccc1F. The number of carbonyl (C=O) groups is 1. The third kappa shape index (κ3) is 2.92. The molecule has 3 atom stereocenters. The molecule has 1 aromatic rings. The van der Waals surface area contributed by atoms with Crippen LogP contribution in [0.5, 0.6) is 0 Å². The van der Waals surface area contributed by atoms with E-state index in [2.05, 4.69) is 10.6 Å². The number of benzene rings is 1. The first kappa shape index (κ1) is 13.9. The van der Waals surface area contributed by atoms with E-state index in [9.17, 15) is 13.6 Å². The molecule has 3 nitrogen and oxygen atoms in total. The van der Waals surface area contributed by atoms with Crippen molar-refractivity contribution < 1.29 is 13.6 Å². The van der Waals surface area contributed by atoms with E-state index in [0.29, 0.717) is 6.54 Å². The second-order valence-electron chi connectivity index (χ2n) is 5.11. The first-order valence-corrected chi connectivity index (χ1v) is 6.45. The number of halogens is 2. The molecular weight excluding hydrogens is 250 g/mol. The van der Waals surface area contributed by atoms with Crippen LogP contribution in [0.3, 0.4) is 0 Å². The van der Waals surface area contributed by atoms with Crippen molar-refractivity contribution in [1.29, 1.82) is 0 Å². The van der Waals surface area contributed by atoms with Gasteiger partial charge in [0.1, 0.15) is 11.6 Å². The Kier molecular flexibility index (Phi) is 4.14. The van der Waals surface area contributed by atoms with Gasteiger partial charge in [-0.15, -0.1) is 0 Å². The number of amides is 1. The van der Waals surface area contributed by atoms with Crippen LogP contribution in [0.25, 0.3) is 0 Å². The van der Waals surface area contributed by atoms with Crippen LogP contribution >= 0.6 is 0 Å². The van der Waals surface area contributed by atoms with Crippen molar-refractivity contribution in [2.24, 2.45) is 11.8 Å². The van der Waals surface area contributed by atoms with Gasteiger partial charge in [-0.1, -0.05) is 13.0 Å². The Morgan fingerprint density at radius 1 is 1.37 bits per heavy atom. The van der Waals surface area contributed by atoms with E-state index in [1.165, 1.54) is 18.2 Å². The monoisotopic (exact) mass is 268 g/mol. The minimum Gasteiger partial charge on any atom is -0.349 e. The molecule has 3 unspecified atom stereocenters. The zero-order valence-corrected chi connectivity index (χ0v) is 11.0. The highest BCUT2D eigenvalue weighted by Crippen LogP contribution is 2.22. The first-order chi connectivity index (χ1) is 9.00. The first-order valence-electron chi connectivity index (χ1n) is 6.45. The number of carbonyl (C=O) groups excluding carboxylic acids is 1. The lowest BCUT2D eigenvalue weighted by atomic mass is 9.96. The Balaban J connectivity index is 2.08. The summed E-state index contributed by atoms with van der Waals surface area (Å²) >= 11 is 0. The van der Waals surface area contributed by atoms with E-state index in [0.717, 1.165) is 6.54 Å². The molecule has 1 aliphatic heterocycles. The summed E-state index contributed by atoms with van der Waals surface area (Å²) in [5, 5.41) is 5.82. The average Bonchev–Trinajstić information content (AvgIpc) is 2.75. The molecule has 1 saturated heterocycles. The zero-order chi connectivity index (χ0) is 14.0. The third-order valence-corrected chi connectivity index (χ3v) is 3.65. The molecule has 104 valence electrons. The van der Waals surface area contributed by atoms with Gasteiger partial charge >= 0.3 is 0 Å². The van der Waals surface area contributed by atoms with Crippen molar-refractivity contribution in [3.63, 3.8) is 0 Å². The summed E-state index contributed by atoms with van der Waals surface area (Å²) in [6.45, 7) is 4.98. The Morgan fingerprint density at radius 2 is 2.00 bits per heavy atom. The predicted octanol–water partition coefficient (Wildman–Crippen LogP) is 2.00. The molecule has 1 aliphatic rings. The summed E-state index contributed by atoms with van der Waals surface area (Å²) in [6, 6.07) is 3.02. The van der Waals surface area contributed by atoms with Crippen LogP contribution < -0.4 is 10.6 Å². The van der Waals surface area contributed by atoms with Crippen LogP contribution in [-0.2, 0) is 4.79 Å². The van der Waals surface area contributed by atoms with E-state index < -0.39 is 17.7 Å². The van der Waals surface area contributed by atoms with Gasteiger partial charge in [-0.2, -0.15) is 0 Å². The van der Waals surface area contributed by atoms with Gasteiger partial charge < -0.3 is 10.6 Å². The fraction of sp³-hybridized carbons (Fsp3) is 0.500. The molecule has 1 aromatic carbocycles. The molecule has 0 bridgehead atoms. The minimum absolute atomic E-state index is 0.0885. The normalized spacial score (nSPS) is 24.2. The predicted molar refractivity (Wildman–Crippen MR) is 68.4 cm³/mol. The largest absolute Gasteiger partial charge is 0.349 e. The van der Waals surface area contributed by atoms with Crippen LogP contribution in [0.15, 0.2) is 18.2 Å². The summed E-state index contributed by atoms with van der Waals surface area (Å²) in [5.74, 6) is -1.33. The maximum absolute atomic E-state index is 13.6. The van der Waals surface area contributed by atoms with Crippen LogP contribution in [0.2, 0.25) is 0 Å². The molecule has 19 heavy (non-hydrogen) atoms. The Morgan fingerprint density at radius 3 is 2.53 bits per heavy atom. The fourth-order valence-corrected chi connectivity index (χ4v) is 2.48. The summed E-state index contributed by atoms with van der Waals surface area (Å²) in [6.07, 6.45) is 0. The second-order valence-corrected chi connectivity index (χ2v) is 5.11. The Bertz CT molecular complexity index is 458. The van der Waals surface area contributed by atoms with E-state index in [-0.39, 0.29) is 23.3 Å². The number of hydrogen-bond donors (Lipinski definition) is 2. The Labute approximate surface area is 111 Å². The molecule has 1 fully saturated rings. The topological polar surface area (TPSA) is 41.1 Å². The Hall–Kier alpha value is -1.49. The lowest BCUT2D eigenvalue weighted by Gasteiger charge is -2.20. The van der Waals surface area contributed by atoms with Crippen LogP contribution in [-0.4, -0.2) is 19.0 Å². The van der Waals surface area contributed by atoms with Crippen molar-refractivity contribution in [3.8, 4) is 0 Å². The van der Waals surface area contributed by atoms with Crippen LogP contribution in [0, 0.1) is 23.5 Å². The highest BCUT2D eigenvalue weighted by atomic mass is 19.1. The van der Waals surface area contributed by atoms with Gasteiger partial charge in [0.2, 0.25) is 5.91 Å². The van der Waals surface area contributed by atoms with E-state index in [1.54, 1.807) is 6.92 Å². The summed E-state index contributed by atoms with van der Waals surface area (Å²) < 4.78 is 27.2. The molecule has 5 heteroatoms. The number of nitrogens with one attached hydrogen (secondary N) is 2. The minimum atomic E-state index is -0.679. The highest BCUT2D eigenvalue weighted by Gasteiger charge is 2.31. The van der Waals surface area contributed by atoms with E-state index in [1.807, 2.05) is 6.92 Å². The molecule has 2 rings (SSSR count). The van der Waals surface area contributed by atoms with Gasteiger partial charge in [-0.25, -0.2) is 8.78 Å². The smallest absolute Gasteiger partial charge is 0.225 e. The molecule has 0 saturated carbocycles. The maximum atomic E-state index is 13.6. The van der Waals surface area contributed by atoms with Gasteiger partial charge in [-0.3, -0.25) is 4.79 Å². The van der Waals surface area contributed by atoms with Crippen LogP contribution in [0.4, 0.5) is 8.78 Å². The molecule has 1 amide bonds. The van der Waals surface area contributed by atoms with Gasteiger partial charge in [0, 0.05) is 12.1 Å². The standard InChI is InChI=1S/C14H18F2N2O/c1-8-6-17-7-10(8)14(19)18-9(2)13-11(15)4-3-5-12(13)16/h3-5,8-10,17H,6-7H2,1-2H3,(H,18,19). The van der Waals surface area contributed by atoms with Gasteiger partial charge in [0.15, 0.2) is 0 Å². The molecule has 0 spiro atoms. The number of hydrogen-bond acceptors (Lipinski definition) is 2. The molecule has 2 N–H and O–H groups in total. The van der Waals surface area contributed by atoms with E-state index in [4.69, 9.17) is 0 Å².